The van der Waals surface area contributed by atoms with Gasteiger partial charge in [-0.2, -0.15) is 0 Å². The minimum absolute atomic E-state index is 0.684. The number of methoxy groups -OCH3 is 1. The average Bonchev–Trinajstić information content (AvgIpc) is 2.55. The van der Waals surface area contributed by atoms with Crippen molar-refractivity contribution in [2.45, 2.75) is 6.42 Å². The topological polar surface area (TPSA) is 43.0 Å². The van der Waals surface area contributed by atoms with Gasteiger partial charge in [-0.15, -0.1) is 0 Å². The van der Waals surface area contributed by atoms with Crippen molar-refractivity contribution in [2.24, 2.45) is 0 Å². The number of benzene rings is 1. The Balaban J connectivity index is 1.46. The summed E-state index contributed by atoms with van der Waals surface area (Å²) >= 11 is 0. The molecule has 5 nitrogen and oxygen atoms in total. The predicted molar refractivity (Wildman–Crippen MR) is 83.2 cm³/mol. The van der Waals surface area contributed by atoms with E-state index in [2.05, 4.69) is 10.2 Å². The van der Waals surface area contributed by atoms with Gasteiger partial charge in [-0.3, -0.25) is 4.90 Å². The fraction of sp³-hybridized carbons (Fsp3) is 0.625. The lowest BCUT2D eigenvalue weighted by molar-refractivity contribution is 0.0374. The minimum atomic E-state index is 0.684. The van der Waals surface area contributed by atoms with Gasteiger partial charge in [0.15, 0.2) is 0 Å². The average molecular weight is 294 g/mol. The molecule has 0 atom stereocenters. The zero-order valence-electron chi connectivity index (χ0n) is 12.8. The first-order valence-corrected chi connectivity index (χ1v) is 7.66. The summed E-state index contributed by atoms with van der Waals surface area (Å²) < 4.78 is 16.1. The summed E-state index contributed by atoms with van der Waals surface area (Å²) in [6.45, 7) is 7.63. The molecule has 118 valence electrons. The molecule has 2 rings (SSSR count). The van der Waals surface area contributed by atoms with Gasteiger partial charge in [0.05, 0.1) is 20.3 Å². The molecule has 1 fully saturated rings. The van der Waals surface area contributed by atoms with Gasteiger partial charge in [0.1, 0.15) is 18.1 Å². The van der Waals surface area contributed by atoms with E-state index in [-0.39, 0.29) is 0 Å². The van der Waals surface area contributed by atoms with Crippen molar-refractivity contribution >= 4 is 0 Å². The normalized spacial score (nSPS) is 15.9. The van der Waals surface area contributed by atoms with Gasteiger partial charge >= 0.3 is 0 Å². The Morgan fingerprint density at radius 3 is 2.52 bits per heavy atom. The summed E-state index contributed by atoms with van der Waals surface area (Å²) in [7, 11) is 1.66. The van der Waals surface area contributed by atoms with Gasteiger partial charge in [-0.25, -0.2) is 0 Å². The molecule has 0 radical (unpaired) electrons. The van der Waals surface area contributed by atoms with Gasteiger partial charge < -0.3 is 19.5 Å². The summed E-state index contributed by atoms with van der Waals surface area (Å²) in [5, 5.41) is 3.41. The molecular formula is C16H26N2O3. The predicted octanol–water partition coefficient (Wildman–Crippen LogP) is 1.39. The maximum Gasteiger partial charge on any atom is 0.119 e. The third-order valence-corrected chi connectivity index (χ3v) is 3.54. The number of ether oxygens (including phenoxy) is 3. The largest absolute Gasteiger partial charge is 0.497 e. The number of nitrogens with one attached hydrogen (secondary N) is 1. The van der Waals surface area contributed by atoms with E-state index < -0.39 is 0 Å². The standard InChI is InChI=1S/C16H26N2O3/c1-19-15-3-5-16(6-4-15)21-12-8-17-7-2-9-18-10-13-20-14-11-18/h3-6,17H,2,7-14H2,1H3. The van der Waals surface area contributed by atoms with Gasteiger partial charge in [0, 0.05) is 19.6 Å². The third-order valence-electron chi connectivity index (χ3n) is 3.54. The SMILES string of the molecule is COc1ccc(OCCNCCCN2CCOCC2)cc1. The van der Waals surface area contributed by atoms with Crippen LogP contribution in [0.4, 0.5) is 0 Å². The van der Waals surface area contributed by atoms with E-state index in [1.165, 1.54) is 6.42 Å². The molecule has 0 unspecified atom stereocenters. The van der Waals surface area contributed by atoms with Crippen LogP contribution in [0.25, 0.3) is 0 Å². The Morgan fingerprint density at radius 1 is 1.10 bits per heavy atom. The Hall–Kier alpha value is -1.30. The number of morpholine rings is 1. The van der Waals surface area contributed by atoms with Crippen molar-refractivity contribution < 1.29 is 14.2 Å². The first kappa shape index (κ1) is 16.1. The van der Waals surface area contributed by atoms with Gasteiger partial charge in [0.25, 0.3) is 0 Å². The molecule has 21 heavy (non-hydrogen) atoms. The molecule has 0 spiro atoms. The van der Waals surface area contributed by atoms with E-state index >= 15 is 0 Å². The second kappa shape index (κ2) is 9.60. The van der Waals surface area contributed by atoms with Crippen LogP contribution >= 0.6 is 0 Å². The summed E-state index contributed by atoms with van der Waals surface area (Å²) in [5.74, 6) is 1.73. The van der Waals surface area contributed by atoms with Crippen molar-refractivity contribution in [1.29, 1.82) is 0 Å². The van der Waals surface area contributed by atoms with Gasteiger partial charge in [0.2, 0.25) is 0 Å². The molecule has 1 heterocycles. The number of nitrogens with zero attached hydrogens (tertiary/aromatic N) is 1. The number of rotatable bonds is 9. The van der Waals surface area contributed by atoms with Crippen molar-refractivity contribution in [3.63, 3.8) is 0 Å². The van der Waals surface area contributed by atoms with Crippen LogP contribution in [0, 0.1) is 0 Å². The Bertz CT molecular complexity index is 378. The first-order chi connectivity index (χ1) is 10.4. The second-order valence-corrected chi connectivity index (χ2v) is 5.08. The van der Waals surface area contributed by atoms with Crippen molar-refractivity contribution in [3.05, 3.63) is 24.3 Å². The first-order valence-electron chi connectivity index (χ1n) is 7.66. The Kier molecular flexibility index (Phi) is 7.35. The molecule has 0 aliphatic carbocycles. The molecule has 0 aromatic heterocycles. The van der Waals surface area contributed by atoms with Crippen LogP contribution in [0.1, 0.15) is 6.42 Å². The summed E-state index contributed by atoms with van der Waals surface area (Å²) in [5.41, 5.74) is 0. The molecular weight excluding hydrogens is 268 g/mol. The Labute approximate surface area is 127 Å². The molecule has 5 heteroatoms. The third kappa shape index (κ3) is 6.33. The van der Waals surface area contributed by atoms with E-state index in [1.54, 1.807) is 7.11 Å². The monoisotopic (exact) mass is 294 g/mol. The van der Waals surface area contributed by atoms with Crippen molar-refractivity contribution in [1.82, 2.24) is 10.2 Å². The molecule has 1 N–H and O–H groups in total. The van der Waals surface area contributed by atoms with E-state index in [0.717, 1.165) is 57.4 Å². The molecule has 0 amide bonds. The van der Waals surface area contributed by atoms with Crippen LogP contribution in [-0.4, -0.2) is 64.6 Å². The highest BCUT2D eigenvalue weighted by Crippen LogP contribution is 2.16. The maximum absolute atomic E-state index is 5.66. The van der Waals surface area contributed by atoms with Gasteiger partial charge in [-0.1, -0.05) is 0 Å². The fourth-order valence-electron chi connectivity index (χ4n) is 2.29. The van der Waals surface area contributed by atoms with Crippen LogP contribution in [0.15, 0.2) is 24.3 Å². The fourth-order valence-corrected chi connectivity index (χ4v) is 2.29. The maximum atomic E-state index is 5.66. The summed E-state index contributed by atoms with van der Waals surface area (Å²) in [6, 6.07) is 7.67. The molecule has 1 aromatic carbocycles. The van der Waals surface area contributed by atoms with E-state index in [4.69, 9.17) is 14.2 Å². The smallest absolute Gasteiger partial charge is 0.119 e. The van der Waals surface area contributed by atoms with Gasteiger partial charge in [-0.05, 0) is 43.8 Å². The number of hydrogen-bond acceptors (Lipinski definition) is 5. The van der Waals surface area contributed by atoms with Crippen molar-refractivity contribution in [2.75, 3.05) is 59.7 Å². The zero-order chi connectivity index (χ0) is 14.8. The van der Waals surface area contributed by atoms with Crippen LogP contribution in [-0.2, 0) is 4.74 Å². The van der Waals surface area contributed by atoms with Crippen molar-refractivity contribution in [3.8, 4) is 11.5 Å². The molecule has 1 aromatic rings. The molecule has 0 saturated carbocycles. The molecule has 0 bridgehead atoms. The summed E-state index contributed by atoms with van der Waals surface area (Å²) in [6.07, 6.45) is 1.17. The lowest BCUT2D eigenvalue weighted by Crippen LogP contribution is -2.37. The highest BCUT2D eigenvalue weighted by atomic mass is 16.5. The second-order valence-electron chi connectivity index (χ2n) is 5.08. The zero-order valence-corrected chi connectivity index (χ0v) is 12.8. The van der Waals surface area contributed by atoms with E-state index in [1.807, 2.05) is 24.3 Å². The quantitative estimate of drug-likeness (QED) is 0.697. The molecule has 1 aliphatic heterocycles. The highest BCUT2D eigenvalue weighted by Gasteiger charge is 2.08. The molecule has 1 aliphatic rings. The van der Waals surface area contributed by atoms with Crippen LogP contribution in [0.3, 0.4) is 0 Å². The van der Waals surface area contributed by atoms with Crippen LogP contribution in [0.2, 0.25) is 0 Å². The summed E-state index contributed by atoms with van der Waals surface area (Å²) in [4.78, 5) is 2.46. The molecule has 1 saturated heterocycles. The lowest BCUT2D eigenvalue weighted by atomic mass is 10.3. The minimum Gasteiger partial charge on any atom is -0.497 e. The van der Waals surface area contributed by atoms with E-state index in [0.29, 0.717) is 6.61 Å². The van der Waals surface area contributed by atoms with E-state index in [9.17, 15) is 0 Å². The number of hydrogen-bond donors (Lipinski definition) is 1. The van der Waals surface area contributed by atoms with Crippen LogP contribution in [0.5, 0.6) is 11.5 Å². The lowest BCUT2D eigenvalue weighted by Gasteiger charge is -2.26. The highest BCUT2D eigenvalue weighted by molar-refractivity contribution is 5.31. The van der Waals surface area contributed by atoms with Crippen LogP contribution < -0.4 is 14.8 Å². The Morgan fingerprint density at radius 2 is 1.81 bits per heavy atom.